The van der Waals surface area contributed by atoms with E-state index in [9.17, 15) is 18.0 Å². The van der Waals surface area contributed by atoms with Crippen molar-refractivity contribution in [1.82, 2.24) is 15.4 Å². The SMILES string of the molecule is Nc1c(NNC(=O)COc2ccc(Cl)cc2Cl)ncnc1Nc1ccc(Cl)c(C(F)(F)F)c1. The van der Waals surface area contributed by atoms with Crippen molar-refractivity contribution in [2.24, 2.45) is 0 Å². The Morgan fingerprint density at radius 1 is 1.03 bits per heavy atom. The smallest absolute Gasteiger partial charge is 0.417 e. The van der Waals surface area contributed by atoms with E-state index in [4.69, 9.17) is 45.3 Å². The zero-order valence-electron chi connectivity index (χ0n) is 16.3. The van der Waals surface area contributed by atoms with Gasteiger partial charge in [0.25, 0.3) is 5.91 Å². The van der Waals surface area contributed by atoms with E-state index in [0.717, 1.165) is 18.5 Å². The summed E-state index contributed by atoms with van der Waals surface area (Å²) in [6, 6.07) is 7.75. The lowest BCUT2D eigenvalue weighted by Crippen LogP contribution is -2.34. The van der Waals surface area contributed by atoms with Crippen molar-refractivity contribution < 1.29 is 22.7 Å². The number of carbonyl (C=O) groups excluding carboxylic acids is 1. The maximum Gasteiger partial charge on any atom is 0.417 e. The van der Waals surface area contributed by atoms with Gasteiger partial charge in [0.15, 0.2) is 18.2 Å². The fourth-order valence-electron chi connectivity index (χ4n) is 2.45. The quantitative estimate of drug-likeness (QED) is 0.312. The van der Waals surface area contributed by atoms with Crippen LogP contribution in [0.2, 0.25) is 15.1 Å². The highest BCUT2D eigenvalue weighted by molar-refractivity contribution is 6.35. The van der Waals surface area contributed by atoms with Gasteiger partial charge in [-0.3, -0.25) is 15.6 Å². The van der Waals surface area contributed by atoms with Gasteiger partial charge in [-0.1, -0.05) is 34.8 Å². The zero-order chi connectivity index (χ0) is 24.2. The number of amides is 1. The summed E-state index contributed by atoms with van der Waals surface area (Å²) in [5, 5.41) is 2.86. The number of nitrogens with one attached hydrogen (secondary N) is 3. The third-order valence-electron chi connectivity index (χ3n) is 3.99. The fourth-order valence-corrected chi connectivity index (χ4v) is 3.14. The van der Waals surface area contributed by atoms with Gasteiger partial charge >= 0.3 is 6.18 Å². The summed E-state index contributed by atoms with van der Waals surface area (Å²) in [5.74, 6) is -0.344. The van der Waals surface area contributed by atoms with Gasteiger partial charge in [-0.05, 0) is 36.4 Å². The Bertz CT molecular complexity index is 1180. The lowest BCUT2D eigenvalue weighted by molar-refractivity contribution is -0.137. The van der Waals surface area contributed by atoms with Crippen LogP contribution in [-0.4, -0.2) is 22.5 Å². The van der Waals surface area contributed by atoms with Crippen molar-refractivity contribution in [2.75, 3.05) is 23.1 Å². The topological polar surface area (TPSA) is 114 Å². The van der Waals surface area contributed by atoms with Crippen LogP contribution >= 0.6 is 34.8 Å². The van der Waals surface area contributed by atoms with Crippen LogP contribution in [-0.2, 0) is 11.0 Å². The normalized spacial score (nSPS) is 11.1. The fraction of sp³-hybridized carbons (Fsp3) is 0.105. The largest absolute Gasteiger partial charge is 0.482 e. The van der Waals surface area contributed by atoms with E-state index in [1.165, 1.54) is 18.2 Å². The summed E-state index contributed by atoms with van der Waals surface area (Å²) in [6.07, 6.45) is -3.54. The van der Waals surface area contributed by atoms with Gasteiger partial charge in [-0.2, -0.15) is 13.2 Å². The molecule has 8 nitrogen and oxygen atoms in total. The predicted molar refractivity (Wildman–Crippen MR) is 120 cm³/mol. The monoisotopic (exact) mass is 520 g/mol. The van der Waals surface area contributed by atoms with Crippen molar-refractivity contribution in [3.8, 4) is 5.75 Å². The molecule has 1 heterocycles. The Labute approximate surface area is 200 Å². The van der Waals surface area contributed by atoms with E-state index < -0.39 is 29.3 Å². The minimum atomic E-state index is -4.64. The van der Waals surface area contributed by atoms with Gasteiger partial charge in [0.1, 0.15) is 17.8 Å². The van der Waals surface area contributed by atoms with Crippen LogP contribution in [0.4, 0.5) is 36.2 Å². The first-order chi connectivity index (χ1) is 15.5. The van der Waals surface area contributed by atoms with Crippen LogP contribution in [0.5, 0.6) is 5.75 Å². The highest BCUT2D eigenvalue weighted by atomic mass is 35.5. The van der Waals surface area contributed by atoms with E-state index >= 15 is 0 Å². The van der Waals surface area contributed by atoms with Crippen LogP contribution in [0.1, 0.15) is 5.56 Å². The molecule has 3 rings (SSSR count). The first kappa shape index (κ1) is 24.5. The Hall–Kier alpha value is -3.15. The molecule has 0 aliphatic carbocycles. The number of hydrogen-bond acceptors (Lipinski definition) is 7. The summed E-state index contributed by atoms with van der Waals surface area (Å²) >= 11 is 17.4. The number of hydrazine groups is 1. The Morgan fingerprint density at radius 2 is 1.76 bits per heavy atom. The number of rotatable bonds is 7. The predicted octanol–water partition coefficient (Wildman–Crippen LogP) is 5.30. The highest BCUT2D eigenvalue weighted by Crippen LogP contribution is 2.37. The Kier molecular flexibility index (Phi) is 7.57. The van der Waals surface area contributed by atoms with Gasteiger partial charge in [-0.25, -0.2) is 9.97 Å². The molecule has 33 heavy (non-hydrogen) atoms. The van der Waals surface area contributed by atoms with Crippen LogP contribution in [0.15, 0.2) is 42.7 Å². The van der Waals surface area contributed by atoms with Crippen molar-refractivity contribution in [1.29, 1.82) is 0 Å². The number of aromatic nitrogens is 2. The molecule has 0 saturated carbocycles. The summed E-state index contributed by atoms with van der Waals surface area (Å²) in [7, 11) is 0. The number of anilines is 4. The molecule has 0 radical (unpaired) electrons. The number of hydrogen-bond donors (Lipinski definition) is 4. The molecule has 1 amide bonds. The molecule has 0 aliphatic rings. The first-order valence-corrected chi connectivity index (χ1v) is 10.0. The Balaban J connectivity index is 1.64. The molecule has 0 aliphatic heterocycles. The number of benzene rings is 2. The lowest BCUT2D eigenvalue weighted by atomic mass is 10.2. The molecule has 0 saturated heterocycles. The van der Waals surface area contributed by atoms with Gasteiger partial charge in [0.2, 0.25) is 0 Å². The molecule has 14 heteroatoms. The molecule has 0 atom stereocenters. The van der Waals surface area contributed by atoms with Crippen LogP contribution in [0, 0.1) is 0 Å². The minimum absolute atomic E-state index is 0.00129. The van der Waals surface area contributed by atoms with Gasteiger partial charge in [-0.15, -0.1) is 0 Å². The van der Waals surface area contributed by atoms with Crippen molar-refractivity contribution in [2.45, 2.75) is 6.18 Å². The van der Waals surface area contributed by atoms with Crippen molar-refractivity contribution >= 4 is 63.7 Å². The van der Waals surface area contributed by atoms with Crippen molar-refractivity contribution in [3.63, 3.8) is 0 Å². The molecule has 174 valence electrons. The van der Waals surface area contributed by atoms with E-state index in [0.29, 0.717) is 5.02 Å². The standard InChI is InChI=1S/C19H14Cl3F3N6O2/c20-9-1-4-14(13(22)5-9)33-7-15(32)30-31-18-16(26)17(27-8-28-18)29-10-2-3-12(21)11(6-10)19(23,24)25/h1-6,8H,7,26H2,(H,30,32)(H2,27,28,29,31). The number of nitrogens with two attached hydrogens (primary N) is 1. The van der Waals surface area contributed by atoms with E-state index in [1.807, 2.05) is 0 Å². The average molecular weight is 522 g/mol. The van der Waals surface area contributed by atoms with Crippen LogP contribution in [0.3, 0.4) is 0 Å². The molecular weight excluding hydrogens is 508 g/mol. The molecule has 2 aromatic carbocycles. The zero-order valence-corrected chi connectivity index (χ0v) is 18.6. The van der Waals surface area contributed by atoms with Crippen LogP contribution in [0.25, 0.3) is 0 Å². The minimum Gasteiger partial charge on any atom is -0.482 e. The summed E-state index contributed by atoms with van der Waals surface area (Å²) in [4.78, 5) is 19.8. The third kappa shape index (κ3) is 6.44. The highest BCUT2D eigenvalue weighted by Gasteiger charge is 2.33. The number of carbonyl (C=O) groups is 1. The van der Waals surface area contributed by atoms with E-state index in [2.05, 4.69) is 26.1 Å². The summed E-state index contributed by atoms with van der Waals surface area (Å²) in [6.45, 7) is -0.393. The van der Waals surface area contributed by atoms with Crippen molar-refractivity contribution in [3.05, 3.63) is 63.4 Å². The van der Waals surface area contributed by atoms with Gasteiger partial charge < -0.3 is 15.8 Å². The second-order valence-electron chi connectivity index (χ2n) is 6.34. The molecule has 0 unspecified atom stereocenters. The second kappa shape index (κ2) is 10.2. The van der Waals surface area contributed by atoms with E-state index in [1.54, 1.807) is 6.07 Å². The molecule has 5 N–H and O–H groups in total. The number of nitrogens with zero attached hydrogens (tertiary/aromatic N) is 2. The summed E-state index contributed by atoms with van der Waals surface area (Å²) < 4.78 is 44.5. The number of alkyl halides is 3. The molecule has 0 bridgehead atoms. The molecule has 3 aromatic rings. The second-order valence-corrected chi connectivity index (χ2v) is 7.59. The number of ether oxygens (including phenoxy) is 1. The number of halogens is 6. The first-order valence-electron chi connectivity index (χ1n) is 8.91. The lowest BCUT2D eigenvalue weighted by Gasteiger charge is -2.15. The maximum absolute atomic E-state index is 13.1. The number of nitrogen functional groups attached to an aromatic ring is 1. The molecule has 0 spiro atoms. The molecule has 0 fully saturated rings. The van der Waals surface area contributed by atoms with E-state index in [-0.39, 0.29) is 33.8 Å². The maximum atomic E-state index is 13.1. The summed E-state index contributed by atoms with van der Waals surface area (Å²) in [5.41, 5.74) is 9.73. The van der Waals surface area contributed by atoms with Gasteiger partial charge in [0.05, 0.1) is 15.6 Å². The average Bonchev–Trinajstić information content (AvgIpc) is 2.74. The molecular formula is C19H14Cl3F3N6O2. The van der Waals surface area contributed by atoms with Crippen LogP contribution < -0.4 is 26.6 Å². The molecule has 1 aromatic heterocycles. The third-order valence-corrected chi connectivity index (χ3v) is 4.85. The Morgan fingerprint density at radius 3 is 2.45 bits per heavy atom. The van der Waals surface area contributed by atoms with Gasteiger partial charge in [0, 0.05) is 10.7 Å².